The van der Waals surface area contributed by atoms with Gasteiger partial charge in [0.1, 0.15) is 18.1 Å². The second kappa shape index (κ2) is 7.42. The van der Waals surface area contributed by atoms with Gasteiger partial charge >= 0.3 is 6.18 Å². The molecule has 4 rings (SSSR count). The Morgan fingerprint density at radius 2 is 2.10 bits per heavy atom. The number of nitrogens with zero attached hydrogens (tertiary/aromatic N) is 3. The van der Waals surface area contributed by atoms with Crippen LogP contribution in [0.15, 0.2) is 58.5 Å². The zero-order valence-corrected chi connectivity index (χ0v) is 17.4. The molecule has 5 nitrogen and oxygen atoms in total. The van der Waals surface area contributed by atoms with Crippen molar-refractivity contribution in [1.29, 1.82) is 0 Å². The monoisotopic (exact) mass is 482 g/mol. The Kier molecular flexibility index (Phi) is 5.07. The lowest BCUT2D eigenvalue weighted by Crippen LogP contribution is -2.35. The van der Waals surface area contributed by atoms with Crippen molar-refractivity contribution >= 4 is 39.0 Å². The number of carbonyl (C=O) groups excluding carboxylic acids is 1. The van der Waals surface area contributed by atoms with Crippen molar-refractivity contribution in [3.8, 4) is 0 Å². The molecular formula is C19H14BrF3N4OS. The van der Waals surface area contributed by atoms with Crippen LogP contribution in [0.2, 0.25) is 0 Å². The highest BCUT2D eigenvalue weighted by atomic mass is 79.9. The number of allylic oxidation sites excluding steroid dienone is 2. The average Bonchev–Trinajstić information content (AvgIpc) is 3.34. The number of aromatic nitrogens is 3. The zero-order chi connectivity index (χ0) is 20.8. The van der Waals surface area contributed by atoms with Crippen LogP contribution in [0.1, 0.15) is 33.1 Å². The summed E-state index contributed by atoms with van der Waals surface area (Å²) in [6.07, 6.45) is -2.91. The number of hydrogen-bond acceptors (Lipinski definition) is 5. The summed E-state index contributed by atoms with van der Waals surface area (Å²) in [5.74, 6) is -0.750. The lowest BCUT2D eigenvalue weighted by Gasteiger charge is -2.30. The molecule has 29 heavy (non-hydrogen) atoms. The summed E-state index contributed by atoms with van der Waals surface area (Å²) in [5.41, 5.74) is -1.03. The number of rotatable bonds is 4. The predicted molar refractivity (Wildman–Crippen MR) is 107 cm³/mol. The number of hydrogen-bond donors (Lipinski definition) is 1. The Bertz CT molecular complexity index is 1120. The number of thiophene rings is 1. The maximum Gasteiger partial charge on any atom is 0.431 e. The number of halogens is 4. The number of Topliss-reactive ketones (excluding diaryl/α,β-unsaturated/α-hetero) is 1. The summed E-state index contributed by atoms with van der Waals surface area (Å²) >= 11 is 4.54. The third-order valence-electron chi connectivity index (χ3n) is 4.52. The second-order valence-corrected chi connectivity index (χ2v) is 8.43. The van der Waals surface area contributed by atoms with Crippen molar-refractivity contribution in [2.45, 2.75) is 25.6 Å². The summed E-state index contributed by atoms with van der Waals surface area (Å²) in [4.78, 5) is 18.4. The maximum atomic E-state index is 14.0. The van der Waals surface area contributed by atoms with Gasteiger partial charge in [-0.05, 0) is 36.2 Å². The Morgan fingerprint density at radius 3 is 2.76 bits per heavy atom. The molecule has 10 heteroatoms. The molecule has 0 aliphatic carbocycles. The van der Waals surface area contributed by atoms with E-state index in [1.54, 1.807) is 36.4 Å². The van der Waals surface area contributed by atoms with Gasteiger partial charge in [-0.2, -0.15) is 23.3 Å². The van der Waals surface area contributed by atoms with E-state index < -0.39 is 29.3 Å². The minimum atomic E-state index is -4.77. The van der Waals surface area contributed by atoms with Gasteiger partial charge in [0.2, 0.25) is 11.7 Å². The Morgan fingerprint density at radius 1 is 1.31 bits per heavy atom. The van der Waals surface area contributed by atoms with Crippen LogP contribution in [0.4, 0.5) is 19.1 Å². The quantitative estimate of drug-likeness (QED) is 0.507. The van der Waals surface area contributed by atoms with Crippen LogP contribution in [0.25, 0.3) is 0 Å². The summed E-state index contributed by atoms with van der Waals surface area (Å²) in [7, 11) is 0. The number of ketones is 1. The van der Waals surface area contributed by atoms with Crippen LogP contribution in [0.5, 0.6) is 0 Å². The van der Waals surface area contributed by atoms with Gasteiger partial charge in [-0.15, -0.1) is 11.3 Å². The Balaban J connectivity index is 1.96. The van der Waals surface area contributed by atoms with E-state index in [0.29, 0.717) is 16.5 Å². The van der Waals surface area contributed by atoms with E-state index in [9.17, 15) is 18.0 Å². The number of anilines is 1. The van der Waals surface area contributed by atoms with Crippen LogP contribution >= 0.6 is 27.3 Å². The van der Waals surface area contributed by atoms with Gasteiger partial charge in [-0.1, -0.05) is 35.0 Å². The van der Waals surface area contributed by atoms with E-state index in [1.165, 1.54) is 16.0 Å². The first-order valence-corrected chi connectivity index (χ1v) is 10.3. The number of carbonyl (C=O) groups is 1. The molecule has 3 heterocycles. The standard InChI is InChI=1S/C19H14BrF3N4OS/c1-2-12-6-7-13(29-12)16(28)14-15(10-4-3-5-11(20)8-10)27-18(24-9-25-27)26-17(14)19(21,22)23/h3-9,15H,2H2,1H3,(H,24,25,26)/t15-/m0/s1. The van der Waals surface area contributed by atoms with Gasteiger partial charge in [0.15, 0.2) is 0 Å². The summed E-state index contributed by atoms with van der Waals surface area (Å²) in [6.45, 7) is 1.93. The Hall–Kier alpha value is -2.46. The van der Waals surface area contributed by atoms with Crippen LogP contribution in [0.3, 0.4) is 0 Å². The third-order valence-corrected chi connectivity index (χ3v) is 6.25. The molecule has 1 N–H and O–H groups in total. The molecule has 0 saturated heterocycles. The molecule has 3 aromatic rings. The number of fused-ring (bicyclic) bond motifs is 1. The van der Waals surface area contributed by atoms with E-state index in [0.717, 1.165) is 11.2 Å². The molecule has 2 aromatic heterocycles. The first-order chi connectivity index (χ1) is 13.8. The van der Waals surface area contributed by atoms with Crippen molar-refractivity contribution in [2.24, 2.45) is 0 Å². The molecule has 1 atom stereocenters. The van der Waals surface area contributed by atoms with Crippen molar-refractivity contribution in [3.63, 3.8) is 0 Å². The molecule has 0 bridgehead atoms. The first-order valence-electron chi connectivity index (χ1n) is 8.66. The van der Waals surface area contributed by atoms with Crippen LogP contribution in [0, 0.1) is 0 Å². The van der Waals surface area contributed by atoms with Crippen molar-refractivity contribution in [1.82, 2.24) is 14.8 Å². The molecule has 1 aliphatic rings. The van der Waals surface area contributed by atoms with Gasteiger partial charge in [-0.25, -0.2) is 4.68 Å². The fraction of sp³-hybridized carbons (Fsp3) is 0.211. The van der Waals surface area contributed by atoms with Gasteiger partial charge in [0, 0.05) is 9.35 Å². The molecular weight excluding hydrogens is 469 g/mol. The molecule has 0 radical (unpaired) electrons. The minimum absolute atomic E-state index is 0.0701. The second-order valence-electron chi connectivity index (χ2n) is 6.35. The lowest BCUT2D eigenvalue weighted by molar-refractivity contribution is -0.0918. The third kappa shape index (κ3) is 3.62. The topological polar surface area (TPSA) is 59.8 Å². The van der Waals surface area contributed by atoms with E-state index in [-0.39, 0.29) is 10.8 Å². The van der Waals surface area contributed by atoms with E-state index in [1.807, 2.05) is 6.92 Å². The van der Waals surface area contributed by atoms with Crippen molar-refractivity contribution < 1.29 is 18.0 Å². The molecule has 1 aromatic carbocycles. The number of benzene rings is 1. The highest BCUT2D eigenvalue weighted by molar-refractivity contribution is 9.10. The molecule has 0 fully saturated rings. The molecule has 150 valence electrons. The van der Waals surface area contributed by atoms with E-state index in [2.05, 4.69) is 31.3 Å². The number of nitrogens with one attached hydrogen (secondary N) is 1. The first kappa shape index (κ1) is 19.8. The fourth-order valence-electron chi connectivity index (χ4n) is 3.24. The van der Waals surface area contributed by atoms with Crippen LogP contribution < -0.4 is 5.32 Å². The average molecular weight is 483 g/mol. The molecule has 0 unspecified atom stereocenters. The normalized spacial score (nSPS) is 16.5. The zero-order valence-electron chi connectivity index (χ0n) is 15.0. The largest absolute Gasteiger partial charge is 0.431 e. The molecule has 0 spiro atoms. The van der Waals surface area contributed by atoms with E-state index in [4.69, 9.17) is 0 Å². The van der Waals surface area contributed by atoms with E-state index >= 15 is 0 Å². The number of aryl methyl sites for hydroxylation is 1. The molecule has 0 saturated carbocycles. The smallest absolute Gasteiger partial charge is 0.320 e. The van der Waals surface area contributed by atoms with Gasteiger partial charge in [0.05, 0.1) is 10.5 Å². The van der Waals surface area contributed by atoms with Gasteiger partial charge in [-0.3, -0.25) is 4.79 Å². The lowest BCUT2D eigenvalue weighted by atomic mass is 9.91. The summed E-state index contributed by atoms with van der Waals surface area (Å²) in [6, 6.07) is 9.07. The highest BCUT2D eigenvalue weighted by Crippen LogP contribution is 2.42. The minimum Gasteiger partial charge on any atom is -0.320 e. The van der Waals surface area contributed by atoms with Crippen LogP contribution in [-0.2, 0) is 6.42 Å². The van der Waals surface area contributed by atoms with Crippen molar-refractivity contribution in [3.05, 3.63) is 73.8 Å². The summed E-state index contributed by atoms with van der Waals surface area (Å²) < 4.78 is 43.9. The molecule has 1 aliphatic heterocycles. The Labute approximate surface area is 176 Å². The van der Waals surface area contributed by atoms with Gasteiger partial charge in [0.25, 0.3) is 0 Å². The molecule has 0 amide bonds. The SMILES string of the molecule is CCc1ccc(C(=O)C2=C(C(F)(F)F)Nc3ncnn3[C@H]2c2cccc(Br)c2)s1. The maximum absolute atomic E-state index is 14.0. The number of alkyl halides is 3. The highest BCUT2D eigenvalue weighted by Gasteiger charge is 2.46. The predicted octanol–water partition coefficient (Wildman–Crippen LogP) is 5.38. The fourth-order valence-corrected chi connectivity index (χ4v) is 4.55. The summed E-state index contributed by atoms with van der Waals surface area (Å²) in [5, 5.41) is 6.35. The van der Waals surface area contributed by atoms with Crippen molar-refractivity contribution in [2.75, 3.05) is 5.32 Å². The van der Waals surface area contributed by atoms with Crippen LogP contribution in [-0.4, -0.2) is 26.7 Å². The van der Waals surface area contributed by atoms with Gasteiger partial charge < -0.3 is 5.32 Å².